The highest BCUT2D eigenvalue weighted by Gasteiger charge is 2.29. The number of nitrogens with two attached hydrogens (primary N) is 1. The van der Waals surface area contributed by atoms with Crippen LogP contribution in [0, 0.1) is 0 Å². The van der Waals surface area contributed by atoms with Crippen LogP contribution in [0.25, 0.3) is 10.9 Å². The number of benzene rings is 1. The molecule has 0 aliphatic heterocycles. The number of para-hydroxylation sites is 1. The Hall–Kier alpha value is -1.28. The smallest absolute Gasteiger partial charge is 0.0926 e. The van der Waals surface area contributed by atoms with Gasteiger partial charge in [0.05, 0.1) is 5.66 Å². The minimum Gasteiger partial charge on any atom is -0.329 e. The van der Waals surface area contributed by atoms with Gasteiger partial charge < -0.3 is 10.3 Å². The molecule has 0 atom stereocenters. The molecule has 1 heterocycles. The first-order chi connectivity index (χ1) is 7.80. The standard InChI is InChI=1S/C14H18N2/c15-14(9-4-1-5-10-14)16-11-8-12-6-2-3-7-13(12)16/h2-3,6-8,11H,1,4-5,9-10,15H2. The van der Waals surface area contributed by atoms with Crippen molar-refractivity contribution in [3.8, 4) is 0 Å². The molecular formula is C14H18N2. The number of nitrogens with zero attached hydrogens (tertiary/aromatic N) is 1. The second kappa shape index (κ2) is 3.63. The van der Waals surface area contributed by atoms with Crippen LogP contribution in [0.1, 0.15) is 32.1 Å². The summed E-state index contributed by atoms with van der Waals surface area (Å²) >= 11 is 0. The molecule has 1 saturated carbocycles. The molecule has 16 heavy (non-hydrogen) atoms. The summed E-state index contributed by atoms with van der Waals surface area (Å²) in [6.45, 7) is 0. The van der Waals surface area contributed by atoms with Crippen molar-refractivity contribution in [1.29, 1.82) is 0 Å². The monoisotopic (exact) mass is 214 g/mol. The average molecular weight is 214 g/mol. The van der Waals surface area contributed by atoms with Crippen molar-refractivity contribution in [3.63, 3.8) is 0 Å². The van der Waals surface area contributed by atoms with Gasteiger partial charge in [-0.1, -0.05) is 24.6 Å². The fourth-order valence-corrected chi connectivity index (χ4v) is 2.88. The van der Waals surface area contributed by atoms with Gasteiger partial charge in [0, 0.05) is 11.7 Å². The number of fused-ring (bicyclic) bond motifs is 1. The van der Waals surface area contributed by atoms with Gasteiger partial charge >= 0.3 is 0 Å². The summed E-state index contributed by atoms with van der Waals surface area (Å²) in [5.41, 5.74) is 7.67. The highest BCUT2D eigenvalue weighted by molar-refractivity contribution is 5.80. The van der Waals surface area contributed by atoms with Crippen molar-refractivity contribution in [2.45, 2.75) is 37.8 Å². The van der Waals surface area contributed by atoms with Gasteiger partial charge in [-0.05, 0) is 43.2 Å². The molecule has 0 amide bonds. The van der Waals surface area contributed by atoms with Gasteiger partial charge in [-0.2, -0.15) is 0 Å². The largest absolute Gasteiger partial charge is 0.329 e. The summed E-state index contributed by atoms with van der Waals surface area (Å²) in [5.74, 6) is 0. The molecule has 0 spiro atoms. The first-order valence-electron chi connectivity index (χ1n) is 6.15. The van der Waals surface area contributed by atoms with Crippen molar-refractivity contribution in [2.75, 3.05) is 0 Å². The van der Waals surface area contributed by atoms with Crippen LogP contribution in [0.4, 0.5) is 0 Å². The first-order valence-corrected chi connectivity index (χ1v) is 6.15. The Labute approximate surface area is 96.1 Å². The van der Waals surface area contributed by atoms with Crippen molar-refractivity contribution in [2.24, 2.45) is 5.73 Å². The fraction of sp³-hybridized carbons (Fsp3) is 0.429. The minimum atomic E-state index is -0.151. The second-order valence-electron chi connectivity index (χ2n) is 4.91. The summed E-state index contributed by atoms with van der Waals surface area (Å²) in [6.07, 6.45) is 8.19. The van der Waals surface area contributed by atoms with Gasteiger partial charge in [0.1, 0.15) is 0 Å². The molecule has 2 aromatic rings. The van der Waals surface area contributed by atoms with E-state index in [1.807, 2.05) is 0 Å². The van der Waals surface area contributed by atoms with E-state index in [4.69, 9.17) is 5.73 Å². The van der Waals surface area contributed by atoms with E-state index < -0.39 is 0 Å². The Morgan fingerprint density at radius 1 is 1.00 bits per heavy atom. The van der Waals surface area contributed by atoms with E-state index in [1.54, 1.807) is 0 Å². The van der Waals surface area contributed by atoms with Gasteiger partial charge in [-0.15, -0.1) is 0 Å². The lowest BCUT2D eigenvalue weighted by Gasteiger charge is -2.35. The molecule has 1 aromatic heterocycles. The van der Waals surface area contributed by atoms with Crippen LogP contribution in [-0.4, -0.2) is 4.57 Å². The van der Waals surface area contributed by atoms with Crippen LogP contribution in [0.15, 0.2) is 36.5 Å². The van der Waals surface area contributed by atoms with Crippen LogP contribution < -0.4 is 5.73 Å². The third-order valence-corrected chi connectivity index (χ3v) is 3.80. The Morgan fingerprint density at radius 2 is 1.75 bits per heavy atom. The van der Waals surface area contributed by atoms with Crippen LogP contribution in [0.3, 0.4) is 0 Å². The zero-order valence-corrected chi connectivity index (χ0v) is 9.52. The molecule has 1 aromatic carbocycles. The number of hydrogen-bond donors (Lipinski definition) is 1. The van der Waals surface area contributed by atoms with Crippen molar-refractivity contribution < 1.29 is 0 Å². The van der Waals surface area contributed by atoms with Crippen LogP contribution in [0.2, 0.25) is 0 Å². The zero-order valence-electron chi connectivity index (χ0n) is 9.52. The number of aromatic nitrogens is 1. The maximum absolute atomic E-state index is 6.55. The van der Waals surface area contributed by atoms with Gasteiger partial charge in [-0.3, -0.25) is 0 Å². The molecule has 1 fully saturated rings. The Bertz CT molecular complexity index is 492. The molecule has 0 radical (unpaired) electrons. The molecule has 84 valence electrons. The van der Waals surface area contributed by atoms with Crippen molar-refractivity contribution in [3.05, 3.63) is 36.5 Å². The molecule has 0 unspecified atom stereocenters. The van der Waals surface area contributed by atoms with E-state index in [2.05, 4.69) is 41.1 Å². The summed E-state index contributed by atoms with van der Waals surface area (Å²) < 4.78 is 2.28. The summed E-state index contributed by atoms with van der Waals surface area (Å²) in [5, 5.41) is 1.29. The van der Waals surface area contributed by atoms with Gasteiger partial charge in [-0.25, -0.2) is 0 Å². The molecular weight excluding hydrogens is 196 g/mol. The first kappa shape index (κ1) is 9.91. The van der Waals surface area contributed by atoms with Gasteiger partial charge in [0.15, 0.2) is 0 Å². The van der Waals surface area contributed by atoms with Gasteiger partial charge in [0.2, 0.25) is 0 Å². The summed E-state index contributed by atoms with van der Waals surface area (Å²) in [4.78, 5) is 0. The minimum absolute atomic E-state index is 0.151. The summed E-state index contributed by atoms with van der Waals surface area (Å²) in [7, 11) is 0. The predicted octanol–water partition coefficient (Wildman–Crippen LogP) is 3.22. The SMILES string of the molecule is NC1(n2ccc3ccccc32)CCCCC1. The van der Waals surface area contributed by atoms with Gasteiger partial charge in [0.25, 0.3) is 0 Å². The maximum Gasteiger partial charge on any atom is 0.0926 e. The van der Waals surface area contributed by atoms with Crippen LogP contribution in [0.5, 0.6) is 0 Å². The molecule has 2 heteroatoms. The lowest BCUT2D eigenvalue weighted by molar-refractivity contribution is 0.209. The Kier molecular flexibility index (Phi) is 2.25. The Morgan fingerprint density at radius 3 is 2.56 bits per heavy atom. The van der Waals surface area contributed by atoms with E-state index in [0.717, 1.165) is 12.8 Å². The van der Waals surface area contributed by atoms with Crippen LogP contribution >= 0.6 is 0 Å². The topological polar surface area (TPSA) is 30.9 Å². The molecule has 0 saturated heterocycles. The third-order valence-electron chi connectivity index (χ3n) is 3.80. The predicted molar refractivity (Wildman–Crippen MR) is 67.2 cm³/mol. The number of hydrogen-bond acceptors (Lipinski definition) is 1. The maximum atomic E-state index is 6.55. The van der Waals surface area contributed by atoms with Crippen molar-refractivity contribution in [1.82, 2.24) is 4.57 Å². The van der Waals surface area contributed by atoms with E-state index in [9.17, 15) is 0 Å². The third kappa shape index (κ3) is 1.45. The molecule has 1 aliphatic rings. The summed E-state index contributed by atoms with van der Waals surface area (Å²) in [6, 6.07) is 10.6. The highest BCUT2D eigenvalue weighted by Crippen LogP contribution is 2.33. The average Bonchev–Trinajstić information content (AvgIpc) is 2.74. The Balaban J connectivity index is 2.11. The fourth-order valence-electron chi connectivity index (χ4n) is 2.88. The highest BCUT2D eigenvalue weighted by atomic mass is 15.2. The zero-order chi connectivity index (χ0) is 11.0. The quantitative estimate of drug-likeness (QED) is 0.776. The second-order valence-corrected chi connectivity index (χ2v) is 4.91. The van der Waals surface area contributed by atoms with Crippen molar-refractivity contribution >= 4 is 10.9 Å². The lowest BCUT2D eigenvalue weighted by Crippen LogP contribution is -2.44. The van der Waals surface area contributed by atoms with E-state index in [-0.39, 0.29) is 5.66 Å². The van der Waals surface area contributed by atoms with E-state index in [0.29, 0.717) is 0 Å². The molecule has 0 bridgehead atoms. The molecule has 3 rings (SSSR count). The molecule has 1 aliphatic carbocycles. The van der Waals surface area contributed by atoms with E-state index >= 15 is 0 Å². The molecule has 2 N–H and O–H groups in total. The number of rotatable bonds is 1. The van der Waals surface area contributed by atoms with Crippen LogP contribution in [-0.2, 0) is 5.66 Å². The molecule has 2 nitrogen and oxygen atoms in total. The van der Waals surface area contributed by atoms with E-state index in [1.165, 1.54) is 30.2 Å². The lowest BCUT2D eigenvalue weighted by atomic mass is 9.89. The normalized spacial score (nSPS) is 20.1.